The lowest BCUT2D eigenvalue weighted by atomic mass is 9.84. The summed E-state index contributed by atoms with van der Waals surface area (Å²) in [4.78, 5) is 4.68. The molecule has 0 aliphatic carbocycles. The van der Waals surface area contributed by atoms with E-state index >= 15 is 0 Å². The van der Waals surface area contributed by atoms with Crippen LogP contribution in [0.1, 0.15) is 39.2 Å². The molecular formula is C20H34ClFIN3O2. The molecule has 0 aromatic heterocycles. The number of nitrogens with one attached hydrogen (secondary N) is 2. The molecule has 0 aliphatic heterocycles. The average Bonchev–Trinajstić information content (AvgIpc) is 2.61. The lowest BCUT2D eigenvalue weighted by molar-refractivity contribution is 0.0689. The molecule has 0 fully saturated rings. The fourth-order valence-electron chi connectivity index (χ4n) is 2.52. The number of halogens is 3. The number of nitrogens with zero attached hydrogens (tertiary/aromatic N) is 1. The summed E-state index contributed by atoms with van der Waals surface area (Å²) >= 11 is 6.21. The van der Waals surface area contributed by atoms with Crippen molar-refractivity contribution >= 4 is 41.5 Å². The average molecular weight is 530 g/mol. The number of hydrogen-bond donors (Lipinski definition) is 2. The molecule has 1 aromatic rings. The van der Waals surface area contributed by atoms with Gasteiger partial charge in [-0.1, -0.05) is 31.5 Å². The van der Waals surface area contributed by atoms with Crippen molar-refractivity contribution in [2.24, 2.45) is 4.99 Å². The van der Waals surface area contributed by atoms with Crippen LogP contribution >= 0.6 is 35.6 Å². The Hall–Kier alpha value is -0.640. The molecule has 28 heavy (non-hydrogen) atoms. The Labute approximate surface area is 190 Å². The van der Waals surface area contributed by atoms with Crippen molar-refractivity contribution in [2.75, 3.05) is 46.6 Å². The van der Waals surface area contributed by atoms with Crippen LogP contribution < -0.4 is 10.6 Å². The van der Waals surface area contributed by atoms with Gasteiger partial charge in [0, 0.05) is 37.2 Å². The Balaban J connectivity index is 0.00000729. The van der Waals surface area contributed by atoms with Crippen LogP contribution in [0.3, 0.4) is 0 Å². The molecule has 0 heterocycles. The van der Waals surface area contributed by atoms with Gasteiger partial charge in [-0.05, 0) is 37.5 Å². The van der Waals surface area contributed by atoms with E-state index in [0.717, 1.165) is 44.1 Å². The summed E-state index contributed by atoms with van der Waals surface area (Å²) in [5, 5.41) is 7.02. The third-order valence-corrected chi connectivity index (χ3v) is 4.39. The highest BCUT2D eigenvalue weighted by Gasteiger charge is 2.23. The van der Waals surface area contributed by atoms with E-state index in [1.54, 1.807) is 13.2 Å². The summed E-state index contributed by atoms with van der Waals surface area (Å²) in [6.07, 6.45) is 1.97. The van der Waals surface area contributed by atoms with Crippen molar-refractivity contribution in [3.63, 3.8) is 0 Å². The van der Waals surface area contributed by atoms with Crippen LogP contribution in [0.2, 0.25) is 5.02 Å². The molecular weight excluding hydrogens is 496 g/mol. The molecule has 0 bridgehead atoms. The fourth-order valence-corrected chi connectivity index (χ4v) is 2.95. The van der Waals surface area contributed by atoms with E-state index in [4.69, 9.17) is 21.1 Å². The molecule has 8 heteroatoms. The number of hydrogen-bond acceptors (Lipinski definition) is 3. The zero-order valence-electron chi connectivity index (χ0n) is 17.3. The van der Waals surface area contributed by atoms with E-state index in [-0.39, 0.29) is 35.2 Å². The van der Waals surface area contributed by atoms with E-state index in [9.17, 15) is 4.39 Å². The molecule has 0 radical (unpaired) electrons. The highest BCUT2D eigenvalue weighted by Crippen LogP contribution is 2.30. The third kappa shape index (κ3) is 10.8. The highest BCUT2D eigenvalue weighted by molar-refractivity contribution is 14.0. The van der Waals surface area contributed by atoms with Gasteiger partial charge < -0.3 is 20.1 Å². The zero-order valence-corrected chi connectivity index (χ0v) is 20.4. The molecule has 0 aliphatic rings. The molecule has 1 aromatic carbocycles. The van der Waals surface area contributed by atoms with Gasteiger partial charge in [-0.25, -0.2) is 4.39 Å². The standard InChI is InChI=1S/C20H33ClFN3O2.HI/c1-5-23-19(24-10-6-7-11-27-13-12-26-4)25-15-20(2,3)17-9-8-16(22)14-18(17)21;/h8-9,14H,5-7,10-13,15H2,1-4H3,(H2,23,24,25);1H. The molecule has 5 nitrogen and oxygen atoms in total. The lowest BCUT2D eigenvalue weighted by Crippen LogP contribution is -2.39. The summed E-state index contributed by atoms with van der Waals surface area (Å²) in [6.45, 7) is 10.3. The van der Waals surface area contributed by atoms with E-state index in [1.807, 2.05) is 6.92 Å². The number of unbranched alkanes of at least 4 members (excludes halogenated alkanes) is 1. The van der Waals surface area contributed by atoms with Gasteiger partial charge in [0.1, 0.15) is 5.82 Å². The minimum atomic E-state index is -0.329. The SMILES string of the molecule is CCNC(=NCC(C)(C)c1ccc(F)cc1Cl)NCCCCOCCOC.I. The first-order valence-corrected chi connectivity index (χ1v) is 9.83. The minimum Gasteiger partial charge on any atom is -0.382 e. The largest absolute Gasteiger partial charge is 0.382 e. The van der Waals surface area contributed by atoms with Gasteiger partial charge in [-0.15, -0.1) is 24.0 Å². The Morgan fingerprint density at radius 3 is 2.57 bits per heavy atom. The topological polar surface area (TPSA) is 54.9 Å². The van der Waals surface area contributed by atoms with Gasteiger partial charge in [0.15, 0.2) is 5.96 Å². The van der Waals surface area contributed by atoms with Crippen molar-refractivity contribution in [2.45, 2.75) is 39.0 Å². The van der Waals surface area contributed by atoms with Gasteiger partial charge in [0.25, 0.3) is 0 Å². The van der Waals surface area contributed by atoms with Crippen LogP contribution in [0.15, 0.2) is 23.2 Å². The van der Waals surface area contributed by atoms with Gasteiger partial charge >= 0.3 is 0 Å². The van der Waals surface area contributed by atoms with Crippen molar-refractivity contribution in [3.8, 4) is 0 Å². The highest BCUT2D eigenvalue weighted by atomic mass is 127. The maximum absolute atomic E-state index is 13.3. The summed E-state index contributed by atoms with van der Waals surface area (Å²) in [5.74, 6) is 0.438. The summed E-state index contributed by atoms with van der Waals surface area (Å²) in [5.41, 5.74) is 0.584. The molecule has 0 spiro atoms. The lowest BCUT2D eigenvalue weighted by Gasteiger charge is -2.25. The monoisotopic (exact) mass is 529 g/mol. The molecule has 0 amide bonds. The van der Waals surface area contributed by atoms with E-state index in [0.29, 0.717) is 24.8 Å². The number of rotatable bonds is 12. The second kappa shape index (κ2) is 15.2. The predicted octanol–water partition coefficient (Wildman–Crippen LogP) is 4.37. The van der Waals surface area contributed by atoms with Crippen LogP contribution in [-0.4, -0.2) is 52.5 Å². The van der Waals surface area contributed by atoms with Gasteiger partial charge in [-0.2, -0.15) is 0 Å². The van der Waals surface area contributed by atoms with Crippen molar-refractivity contribution in [3.05, 3.63) is 34.6 Å². The molecule has 0 unspecified atom stereocenters. The molecule has 0 atom stereocenters. The second-order valence-electron chi connectivity index (χ2n) is 6.94. The van der Waals surface area contributed by atoms with Gasteiger partial charge in [0.05, 0.1) is 19.8 Å². The summed E-state index contributed by atoms with van der Waals surface area (Å²) < 4.78 is 23.7. The normalized spacial score (nSPS) is 11.9. The third-order valence-electron chi connectivity index (χ3n) is 4.08. The van der Waals surface area contributed by atoms with E-state index < -0.39 is 0 Å². The minimum absolute atomic E-state index is 0. The maximum atomic E-state index is 13.3. The summed E-state index contributed by atoms with van der Waals surface area (Å²) in [7, 11) is 1.67. The Morgan fingerprint density at radius 1 is 1.18 bits per heavy atom. The summed E-state index contributed by atoms with van der Waals surface area (Å²) in [6, 6.07) is 4.52. The number of guanidine groups is 1. The predicted molar refractivity (Wildman–Crippen MR) is 126 cm³/mol. The van der Waals surface area contributed by atoms with Crippen molar-refractivity contribution < 1.29 is 13.9 Å². The van der Waals surface area contributed by atoms with Crippen LogP contribution in [-0.2, 0) is 14.9 Å². The van der Waals surface area contributed by atoms with Crippen LogP contribution in [0, 0.1) is 5.82 Å². The molecule has 0 saturated heterocycles. The zero-order chi connectivity index (χ0) is 20.1. The number of benzene rings is 1. The molecule has 1 rings (SSSR count). The fraction of sp³-hybridized carbons (Fsp3) is 0.650. The van der Waals surface area contributed by atoms with Crippen molar-refractivity contribution in [1.29, 1.82) is 0 Å². The first-order chi connectivity index (χ1) is 12.9. The molecule has 162 valence electrons. The first kappa shape index (κ1) is 27.4. The quantitative estimate of drug-likeness (QED) is 0.183. The molecule has 2 N–H and O–H groups in total. The van der Waals surface area contributed by atoms with Crippen molar-refractivity contribution in [1.82, 2.24) is 10.6 Å². The van der Waals surface area contributed by atoms with Gasteiger partial charge in [-0.3, -0.25) is 4.99 Å². The Bertz CT molecular complexity index is 589. The Kier molecular flexibility index (Phi) is 14.9. The first-order valence-electron chi connectivity index (χ1n) is 9.45. The maximum Gasteiger partial charge on any atom is 0.191 e. The van der Waals surface area contributed by atoms with E-state index in [2.05, 4.69) is 29.5 Å². The van der Waals surface area contributed by atoms with Crippen LogP contribution in [0.4, 0.5) is 4.39 Å². The molecule has 0 saturated carbocycles. The Morgan fingerprint density at radius 2 is 1.93 bits per heavy atom. The number of ether oxygens (including phenoxy) is 2. The number of methoxy groups -OCH3 is 1. The second-order valence-corrected chi connectivity index (χ2v) is 7.35. The van der Waals surface area contributed by atoms with Crippen LogP contribution in [0.5, 0.6) is 0 Å². The van der Waals surface area contributed by atoms with Gasteiger partial charge in [0.2, 0.25) is 0 Å². The number of aliphatic imine (C=N–C) groups is 1. The van der Waals surface area contributed by atoms with E-state index in [1.165, 1.54) is 12.1 Å². The smallest absolute Gasteiger partial charge is 0.191 e. The van der Waals surface area contributed by atoms with Crippen LogP contribution in [0.25, 0.3) is 0 Å².